The van der Waals surface area contributed by atoms with Gasteiger partial charge < -0.3 is 14.5 Å². The molecule has 5 heteroatoms. The molecule has 1 N–H and O–H groups in total. The highest BCUT2D eigenvalue weighted by Crippen LogP contribution is 2.21. The van der Waals surface area contributed by atoms with Crippen LogP contribution in [0.1, 0.15) is 24.7 Å². The van der Waals surface area contributed by atoms with E-state index in [9.17, 15) is 4.79 Å². The number of aryl methyl sites for hydroxylation is 2. The van der Waals surface area contributed by atoms with Crippen molar-refractivity contribution in [2.45, 2.75) is 32.7 Å². The van der Waals surface area contributed by atoms with Crippen molar-refractivity contribution in [3.63, 3.8) is 0 Å². The van der Waals surface area contributed by atoms with E-state index >= 15 is 0 Å². The van der Waals surface area contributed by atoms with Crippen LogP contribution >= 0.6 is 11.6 Å². The zero-order valence-corrected chi connectivity index (χ0v) is 13.5. The van der Waals surface area contributed by atoms with Gasteiger partial charge in [-0.05, 0) is 56.2 Å². The van der Waals surface area contributed by atoms with Gasteiger partial charge in [-0.1, -0.05) is 11.6 Å². The molecule has 2 rings (SSSR count). The van der Waals surface area contributed by atoms with E-state index in [4.69, 9.17) is 20.8 Å². The number of carbonyl (C=O) groups is 1. The molecule has 0 aliphatic carbocycles. The number of hydrogen-bond acceptors (Lipinski definition) is 3. The lowest BCUT2D eigenvalue weighted by Crippen LogP contribution is -2.36. The van der Waals surface area contributed by atoms with Crippen molar-refractivity contribution in [1.29, 1.82) is 0 Å². The van der Waals surface area contributed by atoms with Crippen molar-refractivity contribution >= 4 is 17.5 Å². The summed E-state index contributed by atoms with van der Waals surface area (Å²) in [5.41, 5.74) is 0.908. The van der Waals surface area contributed by atoms with Gasteiger partial charge in [0, 0.05) is 17.5 Å². The quantitative estimate of drug-likeness (QED) is 0.844. The van der Waals surface area contributed by atoms with Crippen LogP contribution in [0.4, 0.5) is 0 Å². The number of amides is 1. The number of benzene rings is 1. The molecule has 118 valence electrons. The van der Waals surface area contributed by atoms with Crippen LogP contribution in [0.5, 0.6) is 5.75 Å². The SMILES string of the molecule is Cc1cc(Cl)ccc1OCC(=O)N[C@@H](C)CCc1ccco1. The second-order valence-electron chi connectivity index (χ2n) is 5.29. The molecule has 0 saturated carbocycles. The molecule has 1 aromatic heterocycles. The van der Waals surface area contributed by atoms with E-state index in [0.717, 1.165) is 24.2 Å². The molecule has 1 aromatic carbocycles. The number of rotatable bonds is 7. The van der Waals surface area contributed by atoms with E-state index in [1.165, 1.54) is 0 Å². The van der Waals surface area contributed by atoms with Gasteiger partial charge in [-0.2, -0.15) is 0 Å². The summed E-state index contributed by atoms with van der Waals surface area (Å²) < 4.78 is 10.8. The first kappa shape index (κ1) is 16.4. The van der Waals surface area contributed by atoms with E-state index in [0.29, 0.717) is 10.8 Å². The topological polar surface area (TPSA) is 51.5 Å². The van der Waals surface area contributed by atoms with E-state index in [2.05, 4.69) is 5.32 Å². The summed E-state index contributed by atoms with van der Waals surface area (Å²) in [7, 11) is 0. The molecule has 2 aromatic rings. The molecule has 4 nitrogen and oxygen atoms in total. The van der Waals surface area contributed by atoms with Gasteiger partial charge in [0.2, 0.25) is 0 Å². The lowest BCUT2D eigenvalue weighted by Gasteiger charge is -2.14. The van der Waals surface area contributed by atoms with Crippen molar-refractivity contribution in [3.8, 4) is 5.75 Å². The van der Waals surface area contributed by atoms with Crippen molar-refractivity contribution in [1.82, 2.24) is 5.32 Å². The molecule has 0 radical (unpaired) electrons. The Kier molecular flexibility index (Phi) is 5.90. The van der Waals surface area contributed by atoms with E-state index < -0.39 is 0 Å². The molecule has 0 unspecified atom stereocenters. The highest BCUT2D eigenvalue weighted by molar-refractivity contribution is 6.30. The Morgan fingerprint density at radius 3 is 2.91 bits per heavy atom. The van der Waals surface area contributed by atoms with Gasteiger partial charge in [-0.15, -0.1) is 0 Å². The third-order valence-electron chi connectivity index (χ3n) is 3.31. The summed E-state index contributed by atoms with van der Waals surface area (Å²) in [6, 6.07) is 9.18. The minimum absolute atomic E-state index is 0.00638. The lowest BCUT2D eigenvalue weighted by molar-refractivity contribution is -0.123. The molecule has 0 aliphatic heterocycles. The predicted octanol–water partition coefficient (Wildman–Crippen LogP) is 3.76. The Morgan fingerprint density at radius 2 is 2.23 bits per heavy atom. The highest BCUT2D eigenvalue weighted by atomic mass is 35.5. The fourth-order valence-electron chi connectivity index (χ4n) is 2.12. The van der Waals surface area contributed by atoms with Gasteiger partial charge in [0.1, 0.15) is 11.5 Å². The van der Waals surface area contributed by atoms with E-state index in [1.54, 1.807) is 24.5 Å². The third-order valence-corrected chi connectivity index (χ3v) is 3.54. The summed E-state index contributed by atoms with van der Waals surface area (Å²) in [4.78, 5) is 11.9. The number of hydrogen-bond donors (Lipinski definition) is 1. The summed E-state index contributed by atoms with van der Waals surface area (Å²) in [5, 5.41) is 3.57. The predicted molar refractivity (Wildman–Crippen MR) is 86.3 cm³/mol. The first-order valence-corrected chi connectivity index (χ1v) is 7.63. The van der Waals surface area contributed by atoms with Gasteiger partial charge >= 0.3 is 0 Å². The first-order chi connectivity index (χ1) is 10.5. The second kappa shape index (κ2) is 7.90. The second-order valence-corrected chi connectivity index (χ2v) is 5.72. The molecular formula is C17H20ClNO3. The molecule has 0 spiro atoms. The molecule has 1 heterocycles. The number of carbonyl (C=O) groups excluding carboxylic acids is 1. The molecule has 22 heavy (non-hydrogen) atoms. The molecule has 0 bridgehead atoms. The van der Waals surface area contributed by atoms with Crippen LogP contribution in [0, 0.1) is 6.92 Å². The average molecular weight is 322 g/mol. The van der Waals surface area contributed by atoms with Crippen LogP contribution < -0.4 is 10.1 Å². The van der Waals surface area contributed by atoms with Gasteiger partial charge in [0.25, 0.3) is 5.91 Å². The molecule has 1 atom stereocenters. The molecule has 0 fully saturated rings. The zero-order valence-electron chi connectivity index (χ0n) is 12.8. The number of halogens is 1. The minimum atomic E-state index is -0.138. The van der Waals surface area contributed by atoms with Crippen LogP contribution in [0.2, 0.25) is 5.02 Å². The largest absolute Gasteiger partial charge is 0.484 e. The Morgan fingerprint density at radius 1 is 1.41 bits per heavy atom. The van der Waals surface area contributed by atoms with Crippen LogP contribution in [-0.2, 0) is 11.2 Å². The van der Waals surface area contributed by atoms with Gasteiger partial charge in [-0.3, -0.25) is 4.79 Å². The van der Waals surface area contributed by atoms with E-state index in [1.807, 2.05) is 26.0 Å². The monoisotopic (exact) mass is 321 g/mol. The normalized spacial score (nSPS) is 12.0. The van der Waals surface area contributed by atoms with Crippen molar-refractivity contribution < 1.29 is 13.9 Å². The Bertz CT molecular complexity index is 610. The van der Waals surface area contributed by atoms with Gasteiger partial charge in [0.15, 0.2) is 6.61 Å². The molecular weight excluding hydrogens is 302 g/mol. The van der Waals surface area contributed by atoms with Crippen molar-refractivity contribution in [2.24, 2.45) is 0 Å². The Balaban J connectivity index is 1.72. The first-order valence-electron chi connectivity index (χ1n) is 7.25. The Hall–Kier alpha value is -1.94. The van der Waals surface area contributed by atoms with Crippen molar-refractivity contribution in [3.05, 3.63) is 52.9 Å². The zero-order chi connectivity index (χ0) is 15.9. The standard InChI is InChI=1S/C17H20ClNO3/c1-12-10-14(18)6-8-16(12)22-11-17(20)19-13(2)5-7-15-4-3-9-21-15/h3-4,6,8-10,13H,5,7,11H2,1-2H3,(H,19,20)/t13-/m0/s1. The Labute approximate surface area is 135 Å². The molecule has 1 amide bonds. The number of furan rings is 1. The maximum absolute atomic E-state index is 11.9. The van der Waals surface area contributed by atoms with Gasteiger partial charge in [-0.25, -0.2) is 0 Å². The molecule has 0 saturated heterocycles. The molecule has 0 aliphatic rings. The number of nitrogens with one attached hydrogen (secondary N) is 1. The summed E-state index contributed by atoms with van der Waals surface area (Å²) in [5.74, 6) is 1.46. The lowest BCUT2D eigenvalue weighted by atomic mass is 10.1. The fraction of sp³-hybridized carbons (Fsp3) is 0.353. The average Bonchev–Trinajstić information content (AvgIpc) is 2.97. The van der Waals surface area contributed by atoms with Gasteiger partial charge in [0.05, 0.1) is 6.26 Å². The smallest absolute Gasteiger partial charge is 0.258 e. The van der Waals surface area contributed by atoms with E-state index in [-0.39, 0.29) is 18.6 Å². The van der Waals surface area contributed by atoms with Crippen LogP contribution in [-0.4, -0.2) is 18.6 Å². The summed E-state index contributed by atoms with van der Waals surface area (Å²) in [6.07, 6.45) is 3.27. The third kappa shape index (κ3) is 5.11. The summed E-state index contributed by atoms with van der Waals surface area (Å²) >= 11 is 5.88. The maximum atomic E-state index is 11.9. The fourth-order valence-corrected chi connectivity index (χ4v) is 2.35. The van der Waals surface area contributed by atoms with Crippen LogP contribution in [0.25, 0.3) is 0 Å². The summed E-state index contributed by atoms with van der Waals surface area (Å²) in [6.45, 7) is 3.85. The van der Waals surface area contributed by atoms with Crippen LogP contribution in [0.15, 0.2) is 41.0 Å². The highest BCUT2D eigenvalue weighted by Gasteiger charge is 2.10. The number of ether oxygens (including phenoxy) is 1. The van der Waals surface area contributed by atoms with Crippen LogP contribution in [0.3, 0.4) is 0 Å². The minimum Gasteiger partial charge on any atom is -0.484 e. The van der Waals surface area contributed by atoms with Crippen molar-refractivity contribution in [2.75, 3.05) is 6.61 Å². The maximum Gasteiger partial charge on any atom is 0.258 e.